The number of nitrogens with zero attached hydrogens (tertiary/aromatic N) is 2. The first-order chi connectivity index (χ1) is 9.58. The molecule has 0 atom stereocenters. The number of fused-ring (bicyclic) bond motifs is 1. The second kappa shape index (κ2) is 5.23. The molecule has 0 spiro atoms. The molecule has 3 rings (SSSR count). The first kappa shape index (κ1) is 13.7. The van der Waals surface area contributed by atoms with Crippen molar-refractivity contribution in [2.45, 2.75) is 33.2 Å². The van der Waals surface area contributed by atoms with E-state index in [0.717, 1.165) is 17.9 Å². The summed E-state index contributed by atoms with van der Waals surface area (Å²) in [6, 6.07) is 8.62. The number of rotatable bonds is 3. The predicted molar refractivity (Wildman–Crippen MR) is 86.9 cm³/mol. The third-order valence-electron chi connectivity index (χ3n) is 3.63. The molecule has 104 valence electrons. The summed E-state index contributed by atoms with van der Waals surface area (Å²) in [6.07, 6.45) is 0. The Bertz CT molecular complexity index is 751. The fraction of sp³-hybridized carbons (Fsp3) is 0.312. The smallest absolute Gasteiger partial charge is 0.125 e. The van der Waals surface area contributed by atoms with Crippen LogP contribution in [0.2, 0.25) is 0 Å². The van der Waals surface area contributed by atoms with Crippen molar-refractivity contribution in [3.63, 3.8) is 0 Å². The summed E-state index contributed by atoms with van der Waals surface area (Å²) in [7, 11) is 0. The van der Waals surface area contributed by atoms with Gasteiger partial charge in [0.2, 0.25) is 0 Å². The van der Waals surface area contributed by atoms with E-state index in [-0.39, 0.29) is 0 Å². The summed E-state index contributed by atoms with van der Waals surface area (Å²) < 4.78 is 2.24. The van der Waals surface area contributed by atoms with Gasteiger partial charge in [0.25, 0.3) is 0 Å². The van der Waals surface area contributed by atoms with Crippen molar-refractivity contribution in [1.29, 1.82) is 0 Å². The summed E-state index contributed by atoms with van der Waals surface area (Å²) in [5.41, 5.74) is 4.80. The maximum atomic E-state index is 6.07. The van der Waals surface area contributed by atoms with Gasteiger partial charge in [-0.3, -0.25) is 0 Å². The number of halogens is 1. The molecule has 0 bridgehead atoms. The van der Waals surface area contributed by atoms with E-state index < -0.39 is 0 Å². The molecule has 0 N–H and O–H groups in total. The van der Waals surface area contributed by atoms with Crippen molar-refractivity contribution >= 4 is 34.0 Å². The molecule has 2 heterocycles. The van der Waals surface area contributed by atoms with E-state index in [2.05, 4.69) is 54.6 Å². The number of alkyl halides is 1. The Labute approximate surface area is 128 Å². The van der Waals surface area contributed by atoms with Crippen molar-refractivity contribution in [3.8, 4) is 0 Å². The second-order valence-corrected chi connectivity index (χ2v) is 6.80. The van der Waals surface area contributed by atoms with Gasteiger partial charge in [-0.15, -0.1) is 22.9 Å². The van der Waals surface area contributed by atoms with Gasteiger partial charge in [-0.05, 0) is 50.1 Å². The lowest BCUT2D eigenvalue weighted by Crippen LogP contribution is -2.02. The molecule has 0 saturated carbocycles. The molecule has 0 aliphatic carbocycles. The topological polar surface area (TPSA) is 17.8 Å². The molecule has 2 aromatic heterocycles. The number of aromatic nitrogens is 2. The predicted octanol–water partition coefficient (Wildman–Crippen LogP) is 4.81. The Morgan fingerprint density at radius 1 is 1.20 bits per heavy atom. The molecule has 20 heavy (non-hydrogen) atoms. The van der Waals surface area contributed by atoms with Gasteiger partial charge in [-0.2, -0.15) is 0 Å². The van der Waals surface area contributed by atoms with Crippen molar-refractivity contribution < 1.29 is 0 Å². The monoisotopic (exact) mass is 304 g/mol. The SMILES string of the molecule is Cc1ccc2nc(CCl)n(Cc3cc(C)c(C)s3)c2c1. The summed E-state index contributed by atoms with van der Waals surface area (Å²) in [4.78, 5) is 7.37. The van der Waals surface area contributed by atoms with E-state index in [4.69, 9.17) is 11.6 Å². The minimum atomic E-state index is 0.442. The first-order valence-electron chi connectivity index (χ1n) is 6.66. The van der Waals surface area contributed by atoms with Gasteiger partial charge in [0, 0.05) is 9.75 Å². The third-order valence-corrected chi connectivity index (χ3v) is 5.01. The zero-order valence-corrected chi connectivity index (χ0v) is 13.5. The number of hydrogen-bond donors (Lipinski definition) is 0. The number of benzene rings is 1. The van der Waals surface area contributed by atoms with E-state index in [0.29, 0.717) is 5.88 Å². The largest absolute Gasteiger partial charge is 0.322 e. The van der Waals surface area contributed by atoms with Crippen LogP contribution in [0.4, 0.5) is 0 Å². The zero-order valence-electron chi connectivity index (χ0n) is 11.9. The van der Waals surface area contributed by atoms with Crippen LogP contribution in [0.1, 0.15) is 26.7 Å². The second-order valence-electron chi connectivity index (χ2n) is 5.19. The van der Waals surface area contributed by atoms with Crippen LogP contribution in [0.25, 0.3) is 11.0 Å². The lowest BCUT2D eigenvalue weighted by Gasteiger charge is -2.06. The highest BCUT2D eigenvalue weighted by atomic mass is 35.5. The van der Waals surface area contributed by atoms with Crippen LogP contribution in [0.15, 0.2) is 24.3 Å². The van der Waals surface area contributed by atoms with Crippen molar-refractivity contribution in [2.24, 2.45) is 0 Å². The Hall–Kier alpha value is -1.32. The highest BCUT2D eigenvalue weighted by Gasteiger charge is 2.12. The molecule has 0 aliphatic rings. The van der Waals surface area contributed by atoms with E-state index in [9.17, 15) is 0 Å². The molecular formula is C16H17ClN2S. The molecule has 0 amide bonds. The quantitative estimate of drug-likeness (QED) is 0.635. The lowest BCUT2D eigenvalue weighted by molar-refractivity contribution is 0.788. The summed E-state index contributed by atoms with van der Waals surface area (Å²) in [6.45, 7) is 7.29. The fourth-order valence-corrected chi connectivity index (χ4v) is 3.69. The average Bonchev–Trinajstić information content (AvgIpc) is 2.91. The molecular weight excluding hydrogens is 288 g/mol. The Kier molecular flexibility index (Phi) is 3.57. The summed E-state index contributed by atoms with van der Waals surface area (Å²) in [5.74, 6) is 1.38. The zero-order chi connectivity index (χ0) is 14.3. The number of imidazole rings is 1. The van der Waals surface area contributed by atoms with Gasteiger partial charge >= 0.3 is 0 Å². The average molecular weight is 305 g/mol. The summed E-state index contributed by atoms with van der Waals surface area (Å²) in [5, 5.41) is 0. The molecule has 0 saturated heterocycles. The molecule has 0 unspecified atom stereocenters. The Balaban J connectivity index is 2.11. The minimum absolute atomic E-state index is 0.442. The normalized spacial score (nSPS) is 11.4. The van der Waals surface area contributed by atoms with Crippen LogP contribution in [0.5, 0.6) is 0 Å². The summed E-state index contributed by atoms with van der Waals surface area (Å²) >= 11 is 7.92. The van der Waals surface area contributed by atoms with Gasteiger partial charge < -0.3 is 4.57 Å². The maximum absolute atomic E-state index is 6.07. The first-order valence-corrected chi connectivity index (χ1v) is 8.01. The van der Waals surface area contributed by atoms with Crippen LogP contribution in [0.3, 0.4) is 0 Å². The molecule has 2 nitrogen and oxygen atoms in total. The molecule has 3 aromatic rings. The highest BCUT2D eigenvalue weighted by molar-refractivity contribution is 7.12. The van der Waals surface area contributed by atoms with Crippen molar-refractivity contribution in [1.82, 2.24) is 9.55 Å². The maximum Gasteiger partial charge on any atom is 0.125 e. The third kappa shape index (κ3) is 2.36. The van der Waals surface area contributed by atoms with Crippen LogP contribution in [0, 0.1) is 20.8 Å². The molecule has 1 aromatic carbocycles. The van der Waals surface area contributed by atoms with Gasteiger partial charge in [0.1, 0.15) is 5.82 Å². The van der Waals surface area contributed by atoms with Gasteiger partial charge in [-0.1, -0.05) is 6.07 Å². The Morgan fingerprint density at radius 2 is 2.00 bits per heavy atom. The van der Waals surface area contributed by atoms with E-state index in [1.165, 1.54) is 26.4 Å². The molecule has 0 radical (unpaired) electrons. The minimum Gasteiger partial charge on any atom is -0.322 e. The highest BCUT2D eigenvalue weighted by Crippen LogP contribution is 2.25. The van der Waals surface area contributed by atoms with E-state index >= 15 is 0 Å². The lowest BCUT2D eigenvalue weighted by atomic mass is 10.2. The molecule has 0 aliphatic heterocycles. The van der Waals surface area contributed by atoms with Crippen molar-refractivity contribution in [3.05, 3.63) is 51.0 Å². The van der Waals surface area contributed by atoms with Crippen LogP contribution in [-0.4, -0.2) is 9.55 Å². The number of hydrogen-bond acceptors (Lipinski definition) is 2. The number of aryl methyl sites for hydroxylation is 3. The molecule has 0 fully saturated rings. The van der Waals surface area contributed by atoms with Crippen LogP contribution >= 0.6 is 22.9 Å². The van der Waals surface area contributed by atoms with E-state index in [1.54, 1.807) is 0 Å². The Morgan fingerprint density at radius 3 is 2.65 bits per heavy atom. The number of thiophene rings is 1. The van der Waals surface area contributed by atoms with Gasteiger partial charge in [0.05, 0.1) is 23.5 Å². The van der Waals surface area contributed by atoms with Crippen LogP contribution < -0.4 is 0 Å². The molecule has 4 heteroatoms. The van der Waals surface area contributed by atoms with E-state index in [1.807, 2.05) is 11.3 Å². The standard InChI is InChI=1S/C16H17ClN2S/c1-10-4-5-14-15(6-10)19(16(8-17)18-14)9-13-7-11(2)12(3)20-13/h4-7H,8-9H2,1-3H3. The van der Waals surface area contributed by atoms with Gasteiger partial charge in [-0.25, -0.2) is 4.98 Å². The van der Waals surface area contributed by atoms with Gasteiger partial charge in [0.15, 0.2) is 0 Å². The van der Waals surface area contributed by atoms with Crippen molar-refractivity contribution in [2.75, 3.05) is 0 Å². The van der Waals surface area contributed by atoms with Crippen LogP contribution in [-0.2, 0) is 12.4 Å². The fourth-order valence-electron chi connectivity index (χ4n) is 2.44.